The van der Waals surface area contributed by atoms with Gasteiger partial charge >= 0.3 is 0 Å². The summed E-state index contributed by atoms with van der Waals surface area (Å²) in [6.07, 6.45) is 1.00. The Morgan fingerprint density at radius 1 is 1.73 bits per heavy atom. The number of amides is 1. The Labute approximate surface area is 92.5 Å². The van der Waals surface area contributed by atoms with Crippen LogP contribution in [0.25, 0.3) is 0 Å². The van der Waals surface area contributed by atoms with E-state index >= 15 is 0 Å². The molecule has 1 aliphatic rings. The predicted octanol–water partition coefficient (Wildman–Crippen LogP) is -0.671. The van der Waals surface area contributed by atoms with E-state index in [1.807, 2.05) is 0 Å². The van der Waals surface area contributed by atoms with Crippen LogP contribution in [-0.2, 0) is 4.79 Å². The highest BCUT2D eigenvalue weighted by molar-refractivity contribution is 8.00. The summed E-state index contributed by atoms with van der Waals surface area (Å²) in [5.74, 6) is 11.5. The number of amidine groups is 1. The Kier molecular flexibility index (Phi) is 3.98. The van der Waals surface area contributed by atoms with Crippen LogP contribution in [0.1, 0.15) is 12.8 Å². The molecule has 0 aliphatic carbocycles. The van der Waals surface area contributed by atoms with E-state index in [2.05, 4.69) is 11.7 Å². The van der Waals surface area contributed by atoms with E-state index in [0.29, 0.717) is 24.4 Å². The highest BCUT2D eigenvalue weighted by Crippen LogP contribution is 2.29. The van der Waals surface area contributed by atoms with Crippen LogP contribution < -0.4 is 17.4 Å². The number of nitrogens with two attached hydrogens (primary N) is 3. The molecule has 0 aromatic rings. The third-order valence-corrected chi connectivity index (χ3v) is 3.43. The SMILES string of the molecule is C=C1C(SCC/C(N)=N/N)CC(=O)N1N. The van der Waals surface area contributed by atoms with Gasteiger partial charge in [-0.1, -0.05) is 6.58 Å². The molecule has 6 nitrogen and oxygen atoms in total. The summed E-state index contributed by atoms with van der Waals surface area (Å²) >= 11 is 1.58. The van der Waals surface area contributed by atoms with Crippen LogP contribution >= 0.6 is 11.8 Å². The van der Waals surface area contributed by atoms with Crippen LogP contribution in [0.3, 0.4) is 0 Å². The summed E-state index contributed by atoms with van der Waals surface area (Å²) in [5, 5.41) is 4.52. The van der Waals surface area contributed by atoms with Gasteiger partial charge in [0.1, 0.15) is 5.84 Å². The van der Waals surface area contributed by atoms with Crippen LogP contribution in [0.15, 0.2) is 17.4 Å². The molecule has 1 heterocycles. The van der Waals surface area contributed by atoms with Gasteiger partial charge in [0.2, 0.25) is 5.91 Å². The van der Waals surface area contributed by atoms with Gasteiger partial charge in [0.05, 0.1) is 5.25 Å². The van der Waals surface area contributed by atoms with E-state index in [9.17, 15) is 4.79 Å². The number of nitrogens with zero attached hydrogens (tertiary/aromatic N) is 2. The topological polar surface area (TPSA) is 111 Å². The zero-order valence-electron chi connectivity index (χ0n) is 8.35. The summed E-state index contributed by atoms with van der Waals surface area (Å²) in [6, 6.07) is 0. The summed E-state index contributed by atoms with van der Waals surface area (Å²) < 4.78 is 0. The molecule has 0 radical (unpaired) electrons. The molecule has 0 aromatic carbocycles. The quantitative estimate of drug-likeness (QED) is 0.195. The summed E-state index contributed by atoms with van der Waals surface area (Å²) in [7, 11) is 0. The van der Waals surface area contributed by atoms with E-state index in [0.717, 1.165) is 10.8 Å². The van der Waals surface area contributed by atoms with Crippen LogP contribution in [0, 0.1) is 0 Å². The van der Waals surface area contributed by atoms with Crippen molar-refractivity contribution in [3.63, 3.8) is 0 Å². The third-order valence-electron chi connectivity index (χ3n) is 2.15. The zero-order valence-corrected chi connectivity index (χ0v) is 9.17. The smallest absolute Gasteiger partial charge is 0.242 e. The monoisotopic (exact) mass is 229 g/mol. The number of hydrogen-bond donors (Lipinski definition) is 3. The first-order valence-corrected chi connectivity index (χ1v) is 5.51. The number of carbonyl (C=O) groups is 1. The number of hydrogen-bond acceptors (Lipinski definition) is 5. The third kappa shape index (κ3) is 2.87. The van der Waals surface area contributed by atoms with Crippen LogP contribution in [0.4, 0.5) is 0 Å². The van der Waals surface area contributed by atoms with Gasteiger partial charge in [-0.2, -0.15) is 16.9 Å². The molecule has 0 bridgehead atoms. The Morgan fingerprint density at radius 3 is 2.87 bits per heavy atom. The van der Waals surface area contributed by atoms with Crippen molar-refractivity contribution in [2.75, 3.05) is 5.75 Å². The maximum absolute atomic E-state index is 11.2. The minimum Gasteiger partial charge on any atom is -0.386 e. The first-order valence-electron chi connectivity index (χ1n) is 4.46. The molecule has 0 spiro atoms. The fraction of sp³-hybridized carbons (Fsp3) is 0.500. The first-order chi connectivity index (χ1) is 7.06. The number of carbonyl (C=O) groups excluding carboxylic acids is 1. The van der Waals surface area contributed by atoms with E-state index in [1.54, 1.807) is 11.8 Å². The van der Waals surface area contributed by atoms with Crippen molar-refractivity contribution in [3.8, 4) is 0 Å². The van der Waals surface area contributed by atoms with Crippen molar-refractivity contribution in [2.24, 2.45) is 22.5 Å². The van der Waals surface area contributed by atoms with Gasteiger partial charge < -0.3 is 11.6 Å². The minimum absolute atomic E-state index is 0.0491. The second-order valence-corrected chi connectivity index (χ2v) is 4.50. The summed E-state index contributed by atoms with van der Waals surface area (Å²) in [5.41, 5.74) is 6.08. The molecule has 1 unspecified atom stereocenters. The lowest BCUT2D eigenvalue weighted by atomic mass is 10.3. The largest absolute Gasteiger partial charge is 0.386 e. The standard InChI is InChI=1S/C8H15N5OS/c1-5-6(4-8(14)13(5)11)15-3-2-7(9)12-10/h6H,1-4,10-11H2,(H2,9,12). The Hall–Kier alpha value is -1.21. The normalized spacial score (nSPS) is 22.6. The molecule has 0 saturated carbocycles. The Bertz CT molecular complexity index is 303. The van der Waals surface area contributed by atoms with E-state index in [4.69, 9.17) is 17.4 Å². The van der Waals surface area contributed by atoms with Crippen molar-refractivity contribution in [1.82, 2.24) is 5.01 Å². The predicted molar refractivity (Wildman–Crippen MR) is 61.5 cm³/mol. The minimum atomic E-state index is -0.0991. The number of rotatable bonds is 4. The van der Waals surface area contributed by atoms with Crippen LogP contribution in [0.5, 0.6) is 0 Å². The maximum Gasteiger partial charge on any atom is 0.242 e. The molecule has 1 rings (SSSR count). The van der Waals surface area contributed by atoms with Crippen molar-refractivity contribution in [1.29, 1.82) is 0 Å². The molecule has 1 saturated heterocycles. The van der Waals surface area contributed by atoms with Gasteiger partial charge in [0.15, 0.2) is 0 Å². The van der Waals surface area contributed by atoms with Gasteiger partial charge in [-0.25, -0.2) is 5.84 Å². The van der Waals surface area contributed by atoms with E-state index in [1.165, 1.54) is 0 Å². The second kappa shape index (κ2) is 5.04. The van der Waals surface area contributed by atoms with Crippen LogP contribution in [-0.4, -0.2) is 27.8 Å². The van der Waals surface area contributed by atoms with Crippen molar-refractivity contribution in [3.05, 3.63) is 12.3 Å². The lowest BCUT2D eigenvalue weighted by Gasteiger charge is -2.12. The van der Waals surface area contributed by atoms with Gasteiger partial charge in [0.25, 0.3) is 0 Å². The number of hydrazone groups is 1. The number of thioether (sulfide) groups is 1. The van der Waals surface area contributed by atoms with Gasteiger partial charge in [0, 0.05) is 24.3 Å². The van der Waals surface area contributed by atoms with Crippen molar-refractivity contribution < 1.29 is 4.79 Å². The fourth-order valence-electron chi connectivity index (χ4n) is 1.22. The average molecular weight is 229 g/mol. The fourth-order valence-corrected chi connectivity index (χ4v) is 2.39. The molecule has 15 heavy (non-hydrogen) atoms. The average Bonchev–Trinajstić information content (AvgIpc) is 2.46. The van der Waals surface area contributed by atoms with Crippen LogP contribution in [0.2, 0.25) is 0 Å². The molecular formula is C8H15N5OS. The molecule has 1 aliphatic heterocycles. The lowest BCUT2D eigenvalue weighted by molar-refractivity contribution is -0.126. The first kappa shape index (κ1) is 11.9. The highest BCUT2D eigenvalue weighted by Gasteiger charge is 2.31. The summed E-state index contributed by atoms with van der Waals surface area (Å²) in [6.45, 7) is 3.76. The molecule has 1 atom stereocenters. The molecule has 1 amide bonds. The Balaban J connectivity index is 2.35. The maximum atomic E-state index is 11.2. The molecule has 0 aromatic heterocycles. The number of hydrazine groups is 1. The second-order valence-electron chi connectivity index (χ2n) is 3.19. The molecule has 84 valence electrons. The van der Waals surface area contributed by atoms with Gasteiger partial charge in [-0.15, -0.1) is 0 Å². The van der Waals surface area contributed by atoms with E-state index < -0.39 is 0 Å². The lowest BCUT2D eigenvalue weighted by Crippen LogP contribution is -2.30. The zero-order chi connectivity index (χ0) is 11.4. The molecule has 1 fully saturated rings. The van der Waals surface area contributed by atoms with Gasteiger partial charge in [-0.05, 0) is 0 Å². The highest BCUT2D eigenvalue weighted by atomic mass is 32.2. The van der Waals surface area contributed by atoms with Crippen molar-refractivity contribution in [2.45, 2.75) is 18.1 Å². The Morgan fingerprint density at radius 2 is 2.40 bits per heavy atom. The van der Waals surface area contributed by atoms with Crippen molar-refractivity contribution >= 4 is 23.5 Å². The summed E-state index contributed by atoms with van der Waals surface area (Å²) in [4.78, 5) is 11.2. The molecular weight excluding hydrogens is 214 g/mol. The molecule has 7 heteroatoms. The van der Waals surface area contributed by atoms with Gasteiger partial charge in [-0.3, -0.25) is 9.80 Å². The molecule has 6 N–H and O–H groups in total. The van der Waals surface area contributed by atoms with E-state index in [-0.39, 0.29) is 11.2 Å².